The second kappa shape index (κ2) is 4.79. The molecule has 68 valence electrons. The minimum atomic E-state index is 0.650. The Kier molecular flexibility index (Phi) is 4.79. The molecular formula is C11H24. The highest BCUT2D eigenvalue weighted by Gasteiger charge is 2.24. The van der Waals surface area contributed by atoms with Gasteiger partial charge in [-0.15, -0.1) is 0 Å². The summed E-state index contributed by atoms with van der Waals surface area (Å²) in [5.74, 6) is 0.980. The third-order valence-electron chi connectivity index (χ3n) is 2.45. The molecule has 1 aliphatic rings. The predicted octanol–water partition coefficient (Wildman–Crippen LogP) is 4.25. The van der Waals surface area contributed by atoms with Crippen LogP contribution in [0.15, 0.2) is 0 Å². The Labute approximate surface area is 72.4 Å². The molecule has 11 heavy (non-hydrogen) atoms. The van der Waals surface area contributed by atoms with Crippen LogP contribution in [0.25, 0.3) is 0 Å². The first kappa shape index (κ1) is 11.0. The average molecular weight is 156 g/mol. The standard InChI is InChI=1S/C9H18.C2H6/c1-8-5-4-6-9(2,3)7-8;1-2/h8H,4-7H2,1-3H3;1-2H3/t8-;/m1./s1. The van der Waals surface area contributed by atoms with Crippen molar-refractivity contribution in [1.82, 2.24) is 0 Å². The molecule has 0 radical (unpaired) electrons. The maximum Gasteiger partial charge on any atom is -0.0352 e. The summed E-state index contributed by atoms with van der Waals surface area (Å²) in [7, 11) is 0. The van der Waals surface area contributed by atoms with Crippen LogP contribution in [-0.2, 0) is 0 Å². The molecule has 0 aromatic carbocycles. The molecule has 0 heterocycles. The summed E-state index contributed by atoms with van der Waals surface area (Å²) >= 11 is 0. The first-order valence-electron chi connectivity index (χ1n) is 5.10. The summed E-state index contributed by atoms with van der Waals surface area (Å²) in [5.41, 5.74) is 0.650. The summed E-state index contributed by atoms with van der Waals surface area (Å²) in [6.07, 6.45) is 5.79. The third kappa shape index (κ3) is 4.44. The molecule has 0 unspecified atom stereocenters. The van der Waals surface area contributed by atoms with Crippen molar-refractivity contribution in [1.29, 1.82) is 0 Å². The van der Waals surface area contributed by atoms with Crippen molar-refractivity contribution >= 4 is 0 Å². The molecule has 0 aromatic rings. The van der Waals surface area contributed by atoms with Crippen molar-refractivity contribution in [3.8, 4) is 0 Å². The van der Waals surface area contributed by atoms with Gasteiger partial charge in [-0.2, -0.15) is 0 Å². The fourth-order valence-electron chi connectivity index (χ4n) is 2.08. The van der Waals surface area contributed by atoms with E-state index in [1.807, 2.05) is 13.8 Å². The maximum atomic E-state index is 2.39. The van der Waals surface area contributed by atoms with Crippen LogP contribution in [0.1, 0.15) is 60.3 Å². The van der Waals surface area contributed by atoms with Crippen LogP contribution in [-0.4, -0.2) is 0 Å². The van der Waals surface area contributed by atoms with Gasteiger partial charge in [0, 0.05) is 0 Å². The highest BCUT2D eigenvalue weighted by Crippen LogP contribution is 2.37. The molecule has 0 aromatic heterocycles. The lowest BCUT2D eigenvalue weighted by molar-refractivity contribution is 0.191. The van der Waals surface area contributed by atoms with Crippen molar-refractivity contribution in [3.05, 3.63) is 0 Å². The second-order valence-electron chi connectivity index (χ2n) is 4.37. The minimum absolute atomic E-state index is 0.650. The van der Waals surface area contributed by atoms with Crippen molar-refractivity contribution < 1.29 is 0 Å². The monoisotopic (exact) mass is 156 g/mol. The molecule has 1 saturated carbocycles. The molecule has 1 rings (SSSR count). The Hall–Kier alpha value is 0. The predicted molar refractivity (Wildman–Crippen MR) is 52.8 cm³/mol. The van der Waals surface area contributed by atoms with Gasteiger partial charge in [0.2, 0.25) is 0 Å². The molecular weight excluding hydrogens is 132 g/mol. The fraction of sp³-hybridized carbons (Fsp3) is 1.00. The van der Waals surface area contributed by atoms with E-state index in [1.54, 1.807) is 0 Å². The van der Waals surface area contributed by atoms with Gasteiger partial charge in [0.15, 0.2) is 0 Å². The molecule has 0 spiro atoms. The van der Waals surface area contributed by atoms with Crippen LogP contribution in [0.3, 0.4) is 0 Å². The van der Waals surface area contributed by atoms with Gasteiger partial charge in [-0.25, -0.2) is 0 Å². The number of hydrogen-bond donors (Lipinski definition) is 0. The van der Waals surface area contributed by atoms with E-state index in [2.05, 4.69) is 20.8 Å². The Morgan fingerprint density at radius 2 is 1.73 bits per heavy atom. The lowest BCUT2D eigenvalue weighted by Crippen LogP contribution is -2.20. The van der Waals surface area contributed by atoms with Crippen molar-refractivity contribution in [2.75, 3.05) is 0 Å². The first-order valence-corrected chi connectivity index (χ1v) is 5.10. The molecule has 0 nitrogen and oxygen atoms in total. The molecule has 0 amide bonds. The van der Waals surface area contributed by atoms with E-state index in [0.717, 1.165) is 5.92 Å². The fourth-order valence-corrected chi connectivity index (χ4v) is 2.08. The lowest BCUT2D eigenvalue weighted by atomic mass is 9.73. The van der Waals surface area contributed by atoms with Crippen molar-refractivity contribution in [2.24, 2.45) is 11.3 Å². The van der Waals surface area contributed by atoms with Gasteiger partial charge in [-0.05, 0) is 24.2 Å². The first-order chi connectivity index (χ1) is 5.10. The summed E-state index contributed by atoms with van der Waals surface area (Å²) in [4.78, 5) is 0. The summed E-state index contributed by atoms with van der Waals surface area (Å²) in [5, 5.41) is 0. The Morgan fingerprint density at radius 3 is 2.00 bits per heavy atom. The highest BCUT2D eigenvalue weighted by molar-refractivity contribution is 4.76. The molecule has 0 heteroatoms. The molecule has 0 N–H and O–H groups in total. The third-order valence-corrected chi connectivity index (χ3v) is 2.45. The van der Waals surface area contributed by atoms with E-state index in [1.165, 1.54) is 25.7 Å². The number of hydrogen-bond acceptors (Lipinski definition) is 0. The van der Waals surface area contributed by atoms with Gasteiger partial charge in [0.1, 0.15) is 0 Å². The zero-order valence-electron chi connectivity index (χ0n) is 8.91. The van der Waals surface area contributed by atoms with Gasteiger partial charge in [0.25, 0.3) is 0 Å². The highest BCUT2D eigenvalue weighted by atomic mass is 14.3. The van der Waals surface area contributed by atoms with E-state index in [0.29, 0.717) is 5.41 Å². The largest absolute Gasteiger partial charge is 0.0683 e. The van der Waals surface area contributed by atoms with Crippen LogP contribution in [0.5, 0.6) is 0 Å². The molecule has 0 bridgehead atoms. The molecule has 1 fully saturated rings. The zero-order valence-corrected chi connectivity index (χ0v) is 8.91. The Morgan fingerprint density at radius 1 is 1.18 bits per heavy atom. The minimum Gasteiger partial charge on any atom is -0.0683 e. The normalized spacial score (nSPS) is 28.6. The van der Waals surface area contributed by atoms with Crippen LogP contribution in [0.2, 0.25) is 0 Å². The van der Waals surface area contributed by atoms with Gasteiger partial charge < -0.3 is 0 Å². The Bertz CT molecular complexity index is 92.2. The molecule has 0 saturated heterocycles. The van der Waals surface area contributed by atoms with Crippen molar-refractivity contribution in [3.63, 3.8) is 0 Å². The lowest BCUT2D eigenvalue weighted by Gasteiger charge is -2.33. The summed E-state index contributed by atoms with van der Waals surface area (Å²) < 4.78 is 0. The van der Waals surface area contributed by atoms with Gasteiger partial charge in [0.05, 0.1) is 0 Å². The van der Waals surface area contributed by atoms with Crippen LogP contribution in [0, 0.1) is 11.3 Å². The molecule has 0 aliphatic heterocycles. The summed E-state index contributed by atoms with van der Waals surface area (Å²) in [6, 6.07) is 0. The van der Waals surface area contributed by atoms with E-state index in [4.69, 9.17) is 0 Å². The summed E-state index contributed by atoms with van der Waals surface area (Å²) in [6.45, 7) is 11.2. The van der Waals surface area contributed by atoms with Crippen molar-refractivity contribution in [2.45, 2.75) is 60.3 Å². The van der Waals surface area contributed by atoms with E-state index < -0.39 is 0 Å². The zero-order chi connectivity index (χ0) is 8.91. The molecule has 1 aliphatic carbocycles. The smallest absolute Gasteiger partial charge is 0.0352 e. The Balaban J connectivity index is 0.000000461. The average Bonchev–Trinajstić information content (AvgIpc) is 1.89. The van der Waals surface area contributed by atoms with E-state index in [-0.39, 0.29) is 0 Å². The quantitative estimate of drug-likeness (QED) is 0.492. The van der Waals surface area contributed by atoms with E-state index >= 15 is 0 Å². The maximum absolute atomic E-state index is 2.39. The van der Waals surface area contributed by atoms with Crippen LogP contribution in [0.4, 0.5) is 0 Å². The second-order valence-corrected chi connectivity index (χ2v) is 4.37. The van der Waals surface area contributed by atoms with Gasteiger partial charge >= 0.3 is 0 Å². The van der Waals surface area contributed by atoms with Gasteiger partial charge in [-0.1, -0.05) is 47.5 Å². The number of rotatable bonds is 0. The van der Waals surface area contributed by atoms with Crippen LogP contribution >= 0.6 is 0 Å². The molecule has 1 atom stereocenters. The topological polar surface area (TPSA) is 0 Å². The van der Waals surface area contributed by atoms with Crippen LogP contribution < -0.4 is 0 Å². The van der Waals surface area contributed by atoms with Gasteiger partial charge in [-0.3, -0.25) is 0 Å². The van der Waals surface area contributed by atoms with E-state index in [9.17, 15) is 0 Å². The SMILES string of the molecule is CC.C[C@@H]1CCCC(C)(C)C1.